The first-order valence-electron chi connectivity index (χ1n) is 4.56. The van der Waals surface area contributed by atoms with Crippen LogP contribution in [0.25, 0.3) is 0 Å². The predicted octanol–water partition coefficient (Wildman–Crippen LogP) is 2.11. The molecule has 0 spiro atoms. The molecule has 0 aliphatic rings. The van der Waals surface area contributed by atoms with Crippen LogP contribution in [0.4, 0.5) is 0 Å². The third-order valence-corrected chi connectivity index (χ3v) is 2.86. The number of hydrogen-bond donors (Lipinski definition) is 2. The first kappa shape index (κ1) is 12.9. The predicted molar refractivity (Wildman–Crippen MR) is 64.0 cm³/mol. The molecule has 0 bridgehead atoms. The van der Waals surface area contributed by atoms with Crippen molar-refractivity contribution in [3.8, 4) is 0 Å². The van der Waals surface area contributed by atoms with E-state index in [1.165, 1.54) is 0 Å². The van der Waals surface area contributed by atoms with E-state index >= 15 is 0 Å². The van der Waals surface area contributed by atoms with Gasteiger partial charge in [0.05, 0.1) is 19.3 Å². The second kappa shape index (κ2) is 6.45. The number of aliphatic hydroxyl groups is 1. The van der Waals surface area contributed by atoms with Crippen molar-refractivity contribution < 1.29 is 9.84 Å². The molecule has 0 heterocycles. The molecular weight excluding hydrogens is 281 g/mol. The van der Waals surface area contributed by atoms with Gasteiger partial charge in [0.1, 0.15) is 0 Å². The van der Waals surface area contributed by atoms with Crippen LogP contribution in [0, 0.1) is 0 Å². The van der Waals surface area contributed by atoms with E-state index in [0.717, 1.165) is 10.0 Å². The lowest BCUT2D eigenvalue weighted by molar-refractivity contribution is 0.0325. The molecule has 0 aromatic heterocycles. The lowest BCUT2D eigenvalue weighted by Gasteiger charge is -2.17. The normalized spacial score (nSPS) is 12.8. The highest BCUT2D eigenvalue weighted by Gasteiger charge is 2.13. The second-order valence-corrected chi connectivity index (χ2v) is 4.28. The number of ether oxygens (including phenoxy) is 1. The molecule has 5 heteroatoms. The first-order valence-corrected chi connectivity index (χ1v) is 5.73. The molecule has 1 rings (SSSR count). The van der Waals surface area contributed by atoms with Crippen molar-refractivity contribution in [3.05, 3.63) is 33.3 Å². The van der Waals surface area contributed by atoms with Crippen LogP contribution in [0.1, 0.15) is 11.7 Å². The molecule has 3 nitrogen and oxygen atoms in total. The number of benzene rings is 1. The van der Waals surface area contributed by atoms with Gasteiger partial charge in [-0.25, -0.2) is 0 Å². The topological polar surface area (TPSA) is 55.5 Å². The summed E-state index contributed by atoms with van der Waals surface area (Å²) in [5.41, 5.74) is 6.53. The van der Waals surface area contributed by atoms with E-state index in [9.17, 15) is 0 Å². The van der Waals surface area contributed by atoms with Crippen molar-refractivity contribution in [3.63, 3.8) is 0 Å². The minimum Gasteiger partial charge on any atom is -0.394 e. The van der Waals surface area contributed by atoms with Gasteiger partial charge in [-0.1, -0.05) is 33.6 Å². The summed E-state index contributed by atoms with van der Waals surface area (Å²) in [5.74, 6) is 0. The van der Waals surface area contributed by atoms with E-state index in [-0.39, 0.29) is 19.3 Å². The smallest absolute Gasteiger partial charge is 0.0959 e. The molecule has 84 valence electrons. The molecule has 3 N–H and O–H groups in total. The van der Waals surface area contributed by atoms with Gasteiger partial charge in [0, 0.05) is 16.0 Å². The largest absolute Gasteiger partial charge is 0.394 e. The summed E-state index contributed by atoms with van der Waals surface area (Å²) < 4.78 is 6.26. The molecule has 15 heavy (non-hydrogen) atoms. The molecule has 1 unspecified atom stereocenters. The summed E-state index contributed by atoms with van der Waals surface area (Å²) in [6.45, 7) is 0.624. The van der Waals surface area contributed by atoms with Crippen LogP contribution < -0.4 is 5.73 Å². The van der Waals surface area contributed by atoms with Crippen LogP contribution in [0.5, 0.6) is 0 Å². The summed E-state index contributed by atoms with van der Waals surface area (Å²) in [6.07, 6.45) is -0.219. The summed E-state index contributed by atoms with van der Waals surface area (Å²) in [6, 6.07) is 5.44. The SMILES string of the molecule is NCC(OCCO)c1ccc(Cl)cc1Br. The van der Waals surface area contributed by atoms with Crippen molar-refractivity contribution in [2.45, 2.75) is 6.10 Å². The molecular formula is C10H13BrClNO2. The maximum Gasteiger partial charge on any atom is 0.0959 e. The molecule has 0 saturated heterocycles. The maximum absolute atomic E-state index is 8.67. The van der Waals surface area contributed by atoms with Crippen LogP contribution in [0.15, 0.2) is 22.7 Å². The summed E-state index contributed by atoms with van der Waals surface area (Å²) in [5, 5.41) is 9.33. The second-order valence-electron chi connectivity index (χ2n) is 2.98. The van der Waals surface area contributed by atoms with Crippen LogP contribution in [0.3, 0.4) is 0 Å². The van der Waals surface area contributed by atoms with Crippen molar-refractivity contribution in [2.75, 3.05) is 19.8 Å². The van der Waals surface area contributed by atoms with Crippen molar-refractivity contribution in [2.24, 2.45) is 5.73 Å². The highest BCUT2D eigenvalue weighted by atomic mass is 79.9. The third-order valence-electron chi connectivity index (χ3n) is 1.93. The van der Waals surface area contributed by atoms with Gasteiger partial charge in [0.15, 0.2) is 0 Å². The van der Waals surface area contributed by atoms with Crippen molar-refractivity contribution in [1.82, 2.24) is 0 Å². The Kier molecular flexibility index (Phi) is 5.56. The summed E-state index contributed by atoms with van der Waals surface area (Å²) in [4.78, 5) is 0. The monoisotopic (exact) mass is 293 g/mol. The molecule has 0 fully saturated rings. The van der Waals surface area contributed by atoms with Crippen LogP contribution in [0.2, 0.25) is 5.02 Å². The first-order chi connectivity index (χ1) is 7.19. The minimum absolute atomic E-state index is 0.0122. The summed E-state index contributed by atoms with van der Waals surface area (Å²) in [7, 11) is 0. The van der Waals surface area contributed by atoms with Crippen LogP contribution in [-0.4, -0.2) is 24.9 Å². The zero-order valence-corrected chi connectivity index (χ0v) is 10.5. The molecule has 1 atom stereocenters. The quantitative estimate of drug-likeness (QED) is 0.874. The van der Waals surface area contributed by atoms with Gasteiger partial charge in [-0.05, 0) is 17.7 Å². The number of nitrogens with two attached hydrogens (primary N) is 1. The molecule has 0 aliphatic heterocycles. The fourth-order valence-electron chi connectivity index (χ4n) is 1.24. The third kappa shape index (κ3) is 3.74. The van der Waals surface area contributed by atoms with Crippen LogP contribution >= 0.6 is 27.5 Å². The standard InChI is InChI=1S/C10H13BrClNO2/c11-9-5-7(12)1-2-8(9)10(6-13)15-4-3-14/h1-2,5,10,14H,3-4,6,13H2. The Bertz CT molecular complexity index is 322. The average molecular weight is 295 g/mol. The maximum atomic E-state index is 8.67. The lowest BCUT2D eigenvalue weighted by Crippen LogP contribution is -2.18. The van der Waals surface area contributed by atoms with Gasteiger partial charge in [-0.15, -0.1) is 0 Å². The van der Waals surface area contributed by atoms with Gasteiger partial charge in [-0.2, -0.15) is 0 Å². The summed E-state index contributed by atoms with van der Waals surface area (Å²) >= 11 is 9.23. The van der Waals surface area contributed by atoms with E-state index in [1.807, 2.05) is 6.07 Å². The number of rotatable bonds is 5. The number of hydrogen-bond acceptors (Lipinski definition) is 3. The Morgan fingerprint density at radius 3 is 2.80 bits per heavy atom. The Morgan fingerprint density at radius 1 is 1.53 bits per heavy atom. The fourth-order valence-corrected chi connectivity index (χ4v) is 2.18. The van der Waals surface area contributed by atoms with E-state index in [2.05, 4.69) is 15.9 Å². The molecule has 1 aromatic rings. The van der Waals surface area contributed by atoms with Gasteiger partial charge < -0.3 is 15.6 Å². The lowest BCUT2D eigenvalue weighted by atomic mass is 10.1. The van der Waals surface area contributed by atoms with Gasteiger partial charge >= 0.3 is 0 Å². The van der Waals surface area contributed by atoms with E-state index in [1.54, 1.807) is 12.1 Å². The Labute approximate surface area is 102 Å². The highest BCUT2D eigenvalue weighted by molar-refractivity contribution is 9.10. The molecule has 0 radical (unpaired) electrons. The molecule has 0 aliphatic carbocycles. The minimum atomic E-state index is -0.219. The van der Waals surface area contributed by atoms with E-state index in [0.29, 0.717) is 11.6 Å². The van der Waals surface area contributed by atoms with E-state index < -0.39 is 0 Å². The Balaban J connectivity index is 2.81. The highest BCUT2D eigenvalue weighted by Crippen LogP contribution is 2.28. The fraction of sp³-hybridized carbons (Fsp3) is 0.400. The van der Waals surface area contributed by atoms with Crippen molar-refractivity contribution >= 4 is 27.5 Å². The van der Waals surface area contributed by atoms with Gasteiger partial charge in [-0.3, -0.25) is 0 Å². The molecule has 0 saturated carbocycles. The van der Waals surface area contributed by atoms with Crippen molar-refractivity contribution in [1.29, 1.82) is 0 Å². The van der Waals surface area contributed by atoms with Gasteiger partial charge in [0.25, 0.3) is 0 Å². The number of halogens is 2. The molecule has 1 aromatic carbocycles. The zero-order valence-electron chi connectivity index (χ0n) is 8.12. The number of aliphatic hydroxyl groups excluding tert-OH is 1. The zero-order chi connectivity index (χ0) is 11.3. The van der Waals surface area contributed by atoms with Gasteiger partial charge in [0.2, 0.25) is 0 Å². The Hall–Kier alpha value is -0.130. The Morgan fingerprint density at radius 2 is 2.27 bits per heavy atom. The average Bonchev–Trinajstić information content (AvgIpc) is 2.21. The van der Waals surface area contributed by atoms with Crippen LogP contribution in [-0.2, 0) is 4.74 Å². The van der Waals surface area contributed by atoms with E-state index in [4.69, 9.17) is 27.2 Å². The molecule has 0 amide bonds.